The lowest BCUT2D eigenvalue weighted by atomic mass is 10.0. The number of hydrogen-bond acceptors (Lipinski definition) is 4. The third-order valence-corrected chi connectivity index (χ3v) is 5.21. The number of hydrogen-bond donors (Lipinski definition) is 3. The van der Waals surface area contributed by atoms with Crippen LogP contribution in [-0.4, -0.2) is 40.4 Å². The van der Waals surface area contributed by atoms with Crippen LogP contribution >= 0.6 is 11.6 Å². The summed E-state index contributed by atoms with van der Waals surface area (Å²) < 4.78 is 0. The lowest BCUT2D eigenvalue weighted by molar-refractivity contribution is -0.121. The molecule has 0 aliphatic carbocycles. The molecule has 1 amide bonds. The van der Waals surface area contributed by atoms with E-state index in [0.717, 1.165) is 18.7 Å². The van der Waals surface area contributed by atoms with E-state index in [2.05, 4.69) is 34.0 Å². The Morgan fingerprint density at radius 3 is 2.46 bits per heavy atom. The summed E-state index contributed by atoms with van der Waals surface area (Å²) in [6, 6.07) is 7.60. The van der Waals surface area contributed by atoms with Crippen LogP contribution in [0.3, 0.4) is 0 Å². The van der Waals surface area contributed by atoms with Crippen LogP contribution in [0.4, 0.5) is 0 Å². The van der Waals surface area contributed by atoms with Crippen molar-refractivity contribution in [1.29, 1.82) is 0 Å². The van der Waals surface area contributed by atoms with Gasteiger partial charge >= 0.3 is 5.69 Å². The molecule has 0 aliphatic rings. The van der Waals surface area contributed by atoms with Crippen molar-refractivity contribution in [3.8, 4) is 0 Å². The molecule has 0 saturated heterocycles. The average Bonchev–Trinajstić information content (AvgIpc) is 2.65. The van der Waals surface area contributed by atoms with Gasteiger partial charge in [-0.15, -0.1) is 0 Å². The molecular weight excluding hydrogens is 380 g/mol. The minimum absolute atomic E-state index is 0.0362. The second-order valence-electron chi connectivity index (χ2n) is 6.57. The Hall–Kier alpha value is -2.38. The quantitative estimate of drug-likeness (QED) is 0.594. The van der Waals surface area contributed by atoms with E-state index in [1.54, 1.807) is 6.92 Å². The summed E-state index contributed by atoms with van der Waals surface area (Å²) in [6.45, 7) is 7.87. The number of carbonyl (C=O) groups excluding carboxylic acids is 1. The van der Waals surface area contributed by atoms with Crippen molar-refractivity contribution in [1.82, 2.24) is 20.2 Å². The maximum absolute atomic E-state index is 12.4. The summed E-state index contributed by atoms with van der Waals surface area (Å²) in [6.07, 6.45) is 0.412. The lowest BCUT2D eigenvalue weighted by Crippen LogP contribution is -2.38. The van der Waals surface area contributed by atoms with Gasteiger partial charge < -0.3 is 10.3 Å². The van der Waals surface area contributed by atoms with Gasteiger partial charge in [-0.2, -0.15) is 0 Å². The number of nitrogens with one attached hydrogen (secondary N) is 3. The van der Waals surface area contributed by atoms with Crippen molar-refractivity contribution in [3.63, 3.8) is 0 Å². The van der Waals surface area contributed by atoms with Gasteiger partial charge in [0.25, 0.3) is 5.56 Å². The largest absolute Gasteiger partial charge is 0.354 e. The number of aromatic nitrogens is 2. The molecule has 1 unspecified atom stereocenters. The highest BCUT2D eigenvalue weighted by Gasteiger charge is 2.21. The molecule has 8 heteroatoms. The molecule has 1 aromatic heterocycles. The monoisotopic (exact) mass is 406 g/mol. The molecule has 1 heterocycles. The van der Waals surface area contributed by atoms with Crippen LogP contribution in [0.25, 0.3) is 0 Å². The first-order valence-corrected chi connectivity index (χ1v) is 9.82. The first kappa shape index (κ1) is 21.9. The van der Waals surface area contributed by atoms with Crippen molar-refractivity contribution < 1.29 is 4.79 Å². The Bertz CT molecular complexity index is 918. The van der Waals surface area contributed by atoms with Crippen molar-refractivity contribution in [2.24, 2.45) is 0 Å². The van der Waals surface area contributed by atoms with Gasteiger partial charge in [0.1, 0.15) is 0 Å². The molecule has 2 aromatic rings. The fraction of sp³-hybridized carbons (Fsp3) is 0.450. The van der Waals surface area contributed by atoms with E-state index in [0.29, 0.717) is 22.8 Å². The zero-order valence-electron chi connectivity index (χ0n) is 16.5. The Morgan fingerprint density at radius 2 is 1.86 bits per heavy atom. The summed E-state index contributed by atoms with van der Waals surface area (Å²) >= 11 is 6.37. The van der Waals surface area contributed by atoms with E-state index in [1.165, 1.54) is 0 Å². The van der Waals surface area contributed by atoms with Crippen LogP contribution in [0.5, 0.6) is 0 Å². The zero-order chi connectivity index (χ0) is 20.7. The van der Waals surface area contributed by atoms with Gasteiger partial charge in [-0.25, -0.2) is 4.79 Å². The molecule has 152 valence electrons. The van der Waals surface area contributed by atoms with E-state index in [-0.39, 0.29) is 24.8 Å². The number of carbonyl (C=O) groups is 1. The Labute approximate surface area is 169 Å². The average molecular weight is 407 g/mol. The van der Waals surface area contributed by atoms with E-state index in [4.69, 9.17) is 11.6 Å². The van der Waals surface area contributed by atoms with E-state index in [9.17, 15) is 14.4 Å². The van der Waals surface area contributed by atoms with E-state index in [1.807, 2.05) is 24.3 Å². The summed E-state index contributed by atoms with van der Waals surface area (Å²) in [7, 11) is 0. The maximum atomic E-state index is 12.4. The molecule has 1 atom stereocenters. The van der Waals surface area contributed by atoms with Crippen molar-refractivity contribution >= 4 is 17.5 Å². The summed E-state index contributed by atoms with van der Waals surface area (Å²) in [5.74, 6) is -0.158. The number of halogens is 1. The maximum Gasteiger partial charge on any atom is 0.325 e. The van der Waals surface area contributed by atoms with Crippen molar-refractivity contribution in [2.75, 3.05) is 19.6 Å². The van der Waals surface area contributed by atoms with Gasteiger partial charge in [0.05, 0.1) is 6.04 Å². The zero-order valence-corrected chi connectivity index (χ0v) is 17.2. The first-order valence-electron chi connectivity index (χ1n) is 9.44. The number of likely N-dealkylation sites (N-methyl/N-ethyl adjacent to an activating group) is 1. The van der Waals surface area contributed by atoms with Crippen LogP contribution in [0.2, 0.25) is 5.02 Å². The highest BCUT2D eigenvalue weighted by Crippen LogP contribution is 2.26. The second-order valence-corrected chi connectivity index (χ2v) is 6.98. The SMILES string of the molecule is CCN(CC)C(CNC(=O)CCc1c(C)[nH]c(=O)[nH]c1=O)c1ccccc1Cl. The van der Waals surface area contributed by atoms with Gasteiger partial charge in [-0.1, -0.05) is 43.6 Å². The van der Waals surface area contributed by atoms with Crippen LogP contribution < -0.4 is 16.6 Å². The molecule has 28 heavy (non-hydrogen) atoms. The van der Waals surface area contributed by atoms with E-state index < -0.39 is 11.2 Å². The minimum atomic E-state index is -0.544. The molecule has 0 spiro atoms. The Morgan fingerprint density at radius 1 is 1.18 bits per heavy atom. The smallest absolute Gasteiger partial charge is 0.325 e. The number of benzene rings is 1. The van der Waals surface area contributed by atoms with Gasteiger partial charge in [-0.05, 0) is 38.1 Å². The summed E-state index contributed by atoms with van der Waals surface area (Å²) in [4.78, 5) is 42.5. The molecule has 0 bridgehead atoms. The molecule has 0 aliphatic heterocycles. The van der Waals surface area contributed by atoms with Gasteiger partial charge in [0, 0.05) is 29.2 Å². The fourth-order valence-electron chi connectivity index (χ4n) is 3.31. The van der Waals surface area contributed by atoms with Gasteiger partial charge in [0.2, 0.25) is 5.91 Å². The molecule has 0 radical (unpaired) electrons. The number of H-pyrrole nitrogens is 2. The number of aryl methyl sites for hydroxylation is 1. The van der Waals surface area contributed by atoms with Crippen molar-refractivity contribution in [2.45, 2.75) is 39.7 Å². The predicted octanol–water partition coefficient (Wildman–Crippen LogP) is 2.16. The highest BCUT2D eigenvalue weighted by atomic mass is 35.5. The van der Waals surface area contributed by atoms with Gasteiger partial charge in [0.15, 0.2) is 0 Å². The van der Waals surface area contributed by atoms with Gasteiger partial charge in [-0.3, -0.25) is 19.5 Å². The standard InChI is InChI=1S/C20H27ClN4O3/c1-4-25(5-2)17(15-8-6-7-9-16(15)21)12-22-18(26)11-10-14-13(3)23-20(28)24-19(14)27/h6-9,17H,4-5,10-12H2,1-3H3,(H,22,26)(H2,23,24,27,28). The third kappa shape index (κ3) is 5.56. The number of rotatable bonds is 9. The predicted molar refractivity (Wildman–Crippen MR) is 111 cm³/mol. The lowest BCUT2D eigenvalue weighted by Gasteiger charge is -2.31. The number of nitrogens with zero attached hydrogens (tertiary/aromatic N) is 1. The molecule has 2 rings (SSSR count). The minimum Gasteiger partial charge on any atom is -0.354 e. The van der Waals surface area contributed by atoms with Crippen molar-refractivity contribution in [3.05, 3.63) is 66.9 Å². The highest BCUT2D eigenvalue weighted by molar-refractivity contribution is 6.31. The van der Waals surface area contributed by atoms with Crippen LogP contribution in [-0.2, 0) is 11.2 Å². The Balaban J connectivity index is 2.05. The second kappa shape index (κ2) is 10.2. The van der Waals surface area contributed by atoms with Crippen LogP contribution in [0.1, 0.15) is 43.1 Å². The molecule has 1 aromatic carbocycles. The normalized spacial score (nSPS) is 12.2. The molecule has 0 fully saturated rings. The first-order chi connectivity index (χ1) is 13.4. The van der Waals surface area contributed by atoms with Crippen LogP contribution in [0, 0.1) is 6.92 Å². The Kier molecular flexibility index (Phi) is 8.02. The topological polar surface area (TPSA) is 98.1 Å². The van der Waals surface area contributed by atoms with E-state index >= 15 is 0 Å². The molecule has 7 nitrogen and oxygen atoms in total. The number of amides is 1. The van der Waals surface area contributed by atoms with Crippen LogP contribution in [0.15, 0.2) is 33.9 Å². The summed E-state index contributed by atoms with van der Waals surface area (Å²) in [5, 5.41) is 3.63. The summed E-state index contributed by atoms with van der Waals surface area (Å²) in [5.41, 5.74) is 0.879. The number of aromatic amines is 2. The molecular formula is C20H27ClN4O3. The molecule has 0 saturated carbocycles. The third-order valence-electron chi connectivity index (χ3n) is 4.87. The fourth-order valence-corrected chi connectivity index (χ4v) is 3.57. The molecule has 3 N–H and O–H groups in total.